The van der Waals surface area contributed by atoms with Crippen molar-refractivity contribution in [3.63, 3.8) is 0 Å². The number of benzene rings is 2. The zero-order chi connectivity index (χ0) is 15.9. The average Bonchev–Trinajstić information content (AvgIpc) is 2.54. The number of carbonyl (C=O) groups is 1. The first-order valence-corrected chi connectivity index (χ1v) is 7.32. The third-order valence-corrected chi connectivity index (χ3v) is 3.53. The van der Waals surface area contributed by atoms with Gasteiger partial charge in [0.2, 0.25) is 0 Å². The SMILES string of the molecule is CCC(NC(=O)c1cccc(COC)c1)c1ccccc1O. The van der Waals surface area contributed by atoms with Gasteiger partial charge < -0.3 is 15.2 Å². The highest BCUT2D eigenvalue weighted by atomic mass is 16.5. The Morgan fingerprint density at radius 2 is 2.00 bits per heavy atom. The van der Waals surface area contributed by atoms with Crippen LogP contribution in [-0.4, -0.2) is 18.1 Å². The Hall–Kier alpha value is -2.33. The van der Waals surface area contributed by atoms with Crippen LogP contribution in [0.5, 0.6) is 5.75 Å². The van der Waals surface area contributed by atoms with Crippen LogP contribution in [0.15, 0.2) is 48.5 Å². The number of hydrogen-bond acceptors (Lipinski definition) is 3. The minimum absolute atomic E-state index is 0.159. The summed E-state index contributed by atoms with van der Waals surface area (Å²) in [5.74, 6) is 0.0378. The van der Waals surface area contributed by atoms with Crippen molar-refractivity contribution in [1.82, 2.24) is 5.32 Å². The van der Waals surface area contributed by atoms with Crippen molar-refractivity contribution >= 4 is 5.91 Å². The number of hydrogen-bond donors (Lipinski definition) is 2. The van der Waals surface area contributed by atoms with Gasteiger partial charge in [-0.2, -0.15) is 0 Å². The van der Waals surface area contributed by atoms with Gasteiger partial charge in [-0.1, -0.05) is 37.3 Å². The summed E-state index contributed by atoms with van der Waals surface area (Å²) in [5.41, 5.74) is 2.26. The van der Waals surface area contributed by atoms with Crippen molar-refractivity contribution < 1.29 is 14.6 Å². The molecule has 2 aromatic carbocycles. The Morgan fingerprint density at radius 3 is 2.68 bits per heavy atom. The van der Waals surface area contributed by atoms with E-state index in [1.165, 1.54) is 0 Å². The smallest absolute Gasteiger partial charge is 0.251 e. The van der Waals surface area contributed by atoms with Crippen molar-refractivity contribution in [3.05, 3.63) is 65.2 Å². The maximum atomic E-state index is 12.4. The summed E-state index contributed by atoms with van der Waals surface area (Å²) in [6.45, 7) is 2.44. The lowest BCUT2D eigenvalue weighted by Crippen LogP contribution is -2.28. The van der Waals surface area contributed by atoms with E-state index in [9.17, 15) is 9.90 Å². The molecule has 4 heteroatoms. The van der Waals surface area contributed by atoms with Crippen LogP contribution in [0.4, 0.5) is 0 Å². The molecule has 0 spiro atoms. The number of rotatable bonds is 6. The molecule has 1 atom stereocenters. The van der Waals surface area contributed by atoms with Gasteiger partial charge in [0.1, 0.15) is 5.75 Å². The van der Waals surface area contributed by atoms with Gasteiger partial charge in [0, 0.05) is 18.2 Å². The molecule has 0 radical (unpaired) electrons. The number of methoxy groups -OCH3 is 1. The van der Waals surface area contributed by atoms with E-state index >= 15 is 0 Å². The molecular formula is C18H21NO3. The highest BCUT2D eigenvalue weighted by Crippen LogP contribution is 2.26. The fourth-order valence-corrected chi connectivity index (χ4v) is 2.39. The lowest BCUT2D eigenvalue weighted by molar-refractivity contribution is 0.0935. The van der Waals surface area contributed by atoms with Crippen molar-refractivity contribution in [2.45, 2.75) is 26.0 Å². The first-order valence-electron chi connectivity index (χ1n) is 7.32. The van der Waals surface area contributed by atoms with Crippen LogP contribution < -0.4 is 5.32 Å². The summed E-state index contributed by atoms with van der Waals surface area (Å²) in [6, 6.07) is 14.2. The molecule has 0 bridgehead atoms. The molecule has 0 aliphatic carbocycles. The summed E-state index contributed by atoms with van der Waals surface area (Å²) in [6.07, 6.45) is 0.696. The zero-order valence-corrected chi connectivity index (χ0v) is 12.9. The van der Waals surface area contributed by atoms with Gasteiger partial charge in [-0.15, -0.1) is 0 Å². The van der Waals surface area contributed by atoms with Gasteiger partial charge in [0.25, 0.3) is 5.91 Å². The van der Waals surface area contributed by atoms with E-state index in [2.05, 4.69) is 5.32 Å². The number of ether oxygens (including phenoxy) is 1. The largest absolute Gasteiger partial charge is 0.508 e. The number of para-hydroxylation sites is 1. The Kier molecular flexibility index (Phi) is 5.55. The highest BCUT2D eigenvalue weighted by Gasteiger charge is 2.16. The Labute approximate surface area is 130 Å². The maximum Gasteiger partial charge on any atom is 0.251 e. The highest BCUT2D eigenvalue weighted by molar-refractivity contribution is 5.94. The van der Waals surface area contributed by atoms with Crippen LogP contribution in [0, 0.1) is 0 Å². The van der Waals surface area contributed by atoms with Gasteiger partial charge in [0.15, 0.2) is 0 Å². The van der Waals surface area contributed by atoms with Crippen LogP contribution in [-0.2, 0) is 11.3 Å². The Balaban J connectivity index is 2.16. The second kappa shape index (κ2) is 7.61. The summed E-state index contributed by atoms with van der Waals surface area (Å²) in [4.78, 5) is 12.4. The van der Waals surface area contributed by atoms with Crippen molar-refractivity contribution in [2.75, 3.05) is 7.11 Å². The van der Waals surface area contributed by atoms with Crippen LogP contribution in [0.3, 0.4) is 0 Å². The molecule has 0 aliphatic heterocycles. The molecular weight excluding hydrogens is 278 g/mol. The fraction of sp³-hybridized carbons (Fsp3) is 0.278. The summed E-state index contributed by atoms with van der Waals surface area (Å²) in [7, 11) is 1.62. The normalized spacial score (nSPS) is 11.9. The molecule has 0 saturated carbocycles. The molecule has 1 amide bonds. The van der Waals surface area contributed by atoms with Crippen molar-refractivity contribution in [1.29, 1.82) is 0 Å². The van der Waals surface area contributed by atoms with E-state index in [1.807, 2.05) is 37.3 Å². The van der Waals surface area contributed by atoms with Gasteiger partial charge in [-0.25, -0.2) is 0 Å². The molecule has 116 valence electrons. The van der Waals surface area contributed by atoms with Gasteiger partial charge in [0.05, 0.1) is 12.6 Å². The van der Waals surface area contributed by atoms with E-state index in [1.54, 1.807) is 25.3 Å². The molecule has 2 rings (SSSR count). The number of aromatic hydroxyl groups is 1. The third-order valence-electron chi connectivity index (χ3n) is 3.53. The average molecular weight is 299 g/mol. The third kappa shape index (κ3) is 3.86. The summed E-state index contributed by atoms with van der Waals surface area (Å²) >= 11 is 0. The number of amides is 1. The van der Waals surface area contributed by atoms with Crippen LogP contribution in [0.1, 0.15) is 40.9 Å². The molecule has 0 fully saturated rings. The van der Waals surface area contributed by atoms with Gasteiger partial charge >= 0.3 is 0 Å². The quantitative estimate of drug-likeness (QED) is 0.859. The molecule has 4 nitrogen and oxygen atoms in total. The van der Waals surface area contributed by atoms with E-state index in [4.69, 9.17) is 4.74 Å². The number of carbonyl (C=O) groups excluding carboxylic acids is 1. The van der Waals surface area contributed by atoms with E-state index in [0.717, 1.165) is 11.1 Å². The molecule has 0 aliphatic rings. The van der Waals surface area contributed by atoms with Crippen molar-refractivity contribution in [3.8, 4) is 5.75 Å². The summed E-state index contributed by atoms with van der Waals surface area (Å²) < 4.78 is 5.09. The van der Waals surface area contributed by atoms with Crippen molar-refractivity contribution in [2.24, 2.45) is 0 Å². The number of phenols is 1. The number of nitrogens with one attached hydrogen (secondary N) is 1. The minimum Gasteiger partial charge on any atom is -0.508 e. The van der Waals surface area contributed by atoms with Gasteiger partial charge in [-0.3, -0.25) is 4.79 Å². The molecule has 2 aromatic rings. The van der Waals surface area contributed by atoms with E-state index < -0.39 is 0 Å². The van der Waals surface area contributed by atoms with E-state index in [-0.39, 0.29) is 17.7 Å². The molecule has 2 N–H and O–H groups in total. The lowest BCUT2D eigenvalue weighted by atomic mass is 10.0. The Bertz CT molecular complexity index is 640. The fourth-order valence-electron chi connectivity index (χ4n) is 2.39. The molecule has 1 unspecified atom stereocenters. The standard InChI is InChI=1S/C18H21NO3/c1-3-16(15-9-4-5-10-17(15)20)19-18(21)14-8-6-7-13(11-14)12-22-2/h4-11,16,20H,3,12H2,1-2H3,(H,19,21). The molecule has 22 heavy (non-hydrogen) atoms. The van der Waals surface area contributed by atoms with Crippen LogP contribution >= 0.6 is 0 Å². The molecule has 0 heterocycles. The first kappa shape index (κ1) is 16.0. The lowest BCUT2D eigenvalue weighted by Gasteiger charge is -2.18. The van der Waals surface area contributed by atoms with Gasteiger partial charge in [-0.05, 0) is 30.2 Å². The van der Waals surface area contributed by atoms with E-state index in [0.29, 0.717) is 18.6 Å². The number of phenolic OH excluding ortho intramolecular Hbond substituents is 1. The second-order valence-corrected chi connectivity index (χ2v) is 5.13. The zero-order valence-electron chi connectivity index (χ0n) is 12.9. The second-order valence-electron chi connectivity index (χ2n) is 5.13. The molecule has 0 aromatic heterocycles. The Morgan fingerprint density at radius 1 is 1.23 bits per heavy atom. The molecule has 0 saturated heterocycles. The first-order chi connectivity index (χ1) is 10.7. The minimum atomic E-state index is -0.222. The van der Waals surface area contributed by atoms with Crippen LogP contribution in [0.25, 0.3) is 0 Å². The van der Waals surface area contributed by atoms with Crippen LogP contribution in [0.2, 0.25) is 0 Å². The topological polar surface area (TPSA) is 58.6 Å². The monoisotopic (exact) mass is 299 g/mol. The predicted molar refractivity (Wildman–Crippen MR) is 85.8 cm³/mol. The maximum absolute atomic E-state index is 12.4. The summed E-state index contributed by atoms with van der Waals surface area (Å²) in [5, 5.41) is 12.9. The predicted octanol–water partition coefficient (Wildman–Crippen LogP) is 3.42.